The number of methoxy groups -OCH3 is 1. The van der Waals surface area contributed by atoms with Crippen LogP contribution in [0.3, 0.4) is 0 Å². The summed E-state index contributed by atoms with van der Waals surface area (Å²) in [7, 11) is 1.61. The van der Waals surface area contributed by atoms with Gasteiger partial charge in [0.2, 0.25) is 0 Å². The number of ether oxygens (including phenoxy) is 1. The molecule has 2 rings (SSSR count). The van der Waals surface area contributed by atoms with Crippen LogP contribution in [0.1, 0.15) is 10.4 Å². The average Bonchev–Trinajstić information content (AvgIpc) is 2.48. The maximum atomic E-state index is 12.0. The number of rotatable bonds is 3. The number of halogens is 1. The number of carbonyl (C=O) groups is 1. The minimum Gasteiger partial charge on any atom is -0.497 e. The van der Waals surface area contributed by atoms with Crippen molar-refractivity contribution in [3.8, 4) is 5.75 Å². The lowest BCUT2D eigenvalue weighted by Gasteiger charge is -2.10. The predicted octanol–water partition coefficient (Wildman–Crippen LogP) is 3.43. The lowest BCUT2D eigenvalue weighted by Crippen LogP contribution is -2.34. The summed E-state index contributed by atoms with van der Waals surface area (Å²) in [6.45, 7) is 0. The first kappa shape index (κ1) is 15.7. The second-order valence-corrected chi connectivity index (χ2v) is 5.80. The molecule has 0 unspecified atom stereocenters. The van der Waals surface area contributed by atoms with E-state index in [-0.39, 0.29) is 11.0 Å². The van der Waals surface area contributed by atoms with Crippen LogP contribution in [-0.2, 0) is 0 Å². The SMILES string of the molecule is COc1ccc(NC(=S)NC(=O)c2cccc(I)c2)cc1. The van der Waals surface area contributed by atoms with E-state index in [1.54, 1.807) is 19.2 Å². The van der Waals surface area contributed by atoms with Crippen LogP contribution < -0.4 is 15.4 Å². The summed E-state index contributed by atoms with van der Waals surface area (Å²) >= 11 is 7.29. The molecule has 2 N–H and O–H groups in total. The Morgan fingerprint density at radius 3 is 2.52 bits per heavy atom. The van der Waals surface area contributed by atoms with E-state index in [0.717, 1.165) is 15.0 Å². The summed E-state index contributed by atoms with van der Waals surface area (Å²) in [5.41, 5.74) is 1.35. The monoisotopic (exact) mass is 412 g/mol. The fourth-order valence-corrected chi connectivity index (χ4v) is 2.40. The number of anilines is 1. The number of hydrogen-bond donors (Lipinski definition) is 2. The molecule has 0 spiro atoms. The molecule has 6 heteroatoms. The van der Waals surface area contributed by atoms with Gasteiger partial charge in [-0.05, 0) is 77.3 Å². The molecule has 1 amide bonds. The van der Waals surface area contributed by atoms with Crippen LogP contribution in [0, 0.1) is 3.57 Å². The number of nitrogens with one attached hydrogen (secondary N) is 2. The molecule has 0 heterocycles. The molecule has 0 aliphatic heterocycles. The number of thiocarbonyl (C=S) groups is 1. The van der Waals surface area contributed by atoms with Crippen LogP contribution in [0.4, 0.5) is 5.69 Å². The van der Waals surface area contributed by atoms with Crippen molar-refractivity contribution in [3.05, 3.63) is 57.7 Å². The van der Waals surface area contributed by atoms with Crippen molar-refractivity contribution in [1.82, 2.24) is 5.32 Å². The van der Waals surface area contributed by atoms with Gasteiger partial charge >= 0.3 is 0 Å². The molecule has 0 fully saturated rings. The lowest BCUT2D eigenvalue weighted by molar-refractivity contribution is 0.0977. The van der Waals surface area contributed by atoms with Gasteiger partial charge in [-0.3, -0.25) is 10.1 Å². The summed E-state index contributed by atoms with van der Waals surface area (Å²) < 4.78 is 6.07. The Morgan fingerprint density at radius 1 is 1.19 bits per heavy atom. The molecule has 0 bridgehead atoms. The lowest BCUT2D eigenvalue weighted by atomic mass is 10.2. The maximum Gasteiger partial charge on any atom is 0.257 e. The van der Waals surface area contributed by atoms with Crippen LogP contribution >= 0.6 is 34.8 Å². The van der Waals surface area contributed by atoms with Crippen molar-refractivity contribution >= 4 is 51.5 Å². The number of benzene rings is 2. The van der Waals surface area contributed by atoms with Gasteiger partial charge in [-0.25, -0.2) is 0 Å². The van der Waals surface area contributed by atoms with Crippen molar-refractivity contribution in [2.24, 2.45) is 0 Å². The molecule has 21 heavy (non-hydrogen) atoms. The van der Waals surface area contributed by atoms with Gasteiger partial charge < -0.3 is 10.1 Å². The largest absolute Gasteiger partial charge is 0.497 e. The first-order chi connectivity index (χ1) is 10.1. The zero-order chi connectivity index (χ0) is 15.2. The predicted molar refractivity (Wildman–Crippen MR) is 95.8 cm³/mol. The minimum absolute atomic E-state index is 0.237. The van der Waals surface area contributed by atoms with Gasteiger partial charge in [0.05, 0.1) is 7.11 Å². The highest BCUT2D eigenvalue weighted by molar-refractivity contribution is 14.1. The second-order valence-electron chi connectivity index (χ2n) is 4.15. The highest BCUT2D eigenvalue weighted by atomic mass is 127. The fourth-order valence-electron chi connectivity index (χ4n) is 1.64. The van der Waals surface area contributed by atoms with Gasteiger partial charge in [-0.2, -0.15) is 0 Å². The van der Waals surface area contributed by atoms with E-state index >= 15 is 0 Å². The van der Waals surface area contributed by atoms with E-state index in [0.29, 0.717) is 5.56 Å². The van der Waals surface area contributed by atoms with Crippen molar-refractivity contribution in [2.75, 3.05) is 12.4 Å². The molecule has 4 nitrogen and oxygen atoms in total. The zero-order valence-electron chi connectivity index (χ0n) is 11.2. The zero-order valence-corrected chi connectivity index (χ0v) is 14.2. The van der Waals surface area contributed by atoms with E-state index in [4.69, 9.17) is 17.0 Å². The van der Waals surface area contributed by atoms with Gasteiger partial charge in [0.15, 0.2) is 5.11 Å². The molecule has 0 saturated heterocycles. The van der Waals surface area contributed by atoms with Gasteiger partial charge in [0.1, 0.15) is 5.75 Å². The molecule has 0 aliphatic rings. The first-order valence-corrected chi connectivity index (χ1v) is 7.59. The third kappa shape index (κ3) is 4.68. The molecular weight excluding hydrogens is 399 g/mol. The first-order valence-electron chi connectivity index (χ1n) is 6.10. The van der Waals surface area contributed by atoms with Crippen LogP contribution in [0.5, 0.6) is 5.75 Å². The van der Waals surface area contributed by atoms with E-state index in [1.807, 2.05) is 36.4 Å². The maximum absolute atomic E-state index is 12.0. The van der Waals surface area contributed by atoms with Gasteiger partial charge in [-0.1, -0.05) is 6.07 Å². The molecule has 0 saturated carbocycles. The Morgan fingerprint density at radius 2 is 1.90 bits per heavy atom. The van der Waals surface area contributed by atoms with E-state index in [9.17, 15) is 4.79 Å². The molecular formula is C15H13IN2O2S. The molecule has 108 valence electrons. The minimum atomic E-state index is -0.237. The van der Waals surface area contributed by atoms with Crippen molar-refractivity contribution in [2.45, 2.75) is 0 Å². The highest BCUT2D eigenvalue weighted by Crippen LogP contribution is 2.15. The normalized spacial score (nSPS) is 9.81. The summed E-state index contributed by atoms with van der Waals surface area (Å²) in [6.07, 6.45) is 0. The van der Waals surface area contributed by atoms with E-state index < -0.39 is 0 Å². The summed E-state index contributed by atoms with van der Waals surface area (Å²) in [5.74, 6) is 0.522. The fraction of sp³-hybridized carbons (Fsp3) is 0.0667. The Hall–Kier alpha value is -1.67. The summed E-state index contributed by atoms with van der Waals surface area (Å²) in [5, 5.41) is 5.85. The van der Waals surface area contributed by atoms with Gasteiger partial charge in [0.25, 0.3) is 5.91 Å². The van der Waals surface area contributed by atoms with Crippen molar-refractivity contribution in [3.63, 3.8) is 0 Å². The molecule has 2 aromatic carbocycles. The van der Waals surface area contributed by atoms with Crippen LogP contribution in [0.15, 0.2) is 48.5 Å². The highest BCUT2D eigenvalue weighted by Gasteiger charge is 2.08. The standard InChI is InChI=1S/C15H13IN2O2S/c1-20-13-7-5-12(6-8-13)17-15(21)18-14(19)10-3-2-4-11(16)9-10/h2-9H,1H3,(H2,17,18,19,21). The molecule has 0 aliphatic carbocycles. The van der Waals surface area contributed by atoms with Gasteiger partial charge in [0, 0.05) is 14.8 Å². The second kappa shape index (κ2) is 7.37. The molecule has 0 aromatic heterocycles. The Labute approximate surface area is 142 Å². The van der Waals surface area contributed by atoms with E-state index in [2.05, 4.69) is 33.2 Å². The van der Waals surface area contributed by atoms with Crippen molar-refractivity contribution < 1.29 is 9.53 Å². The average molecular weight is 412 g/mol. The quantitative estimate of drug-likeness (QED) is 0.599. The summed E-state index contributed by atoms with van der Waals surface area (Å²) in [4.78, 5) is 12.0. The van der Waals surface area contributed by atoms with Crippen LogP contribution in [0.25, 0.3) is 0 Å². The Bertz CT molecular complexity index is 659. The Kier molecular flexibility index (Phi) is 5.51. The Balaban J connectivity index is 1.96. The van der Waals surface area contributed by atoms with Crippen molar-refractivity contribution in [1.29, 1.82) is 0 Å². The smallest absolute Gasteiger partial charge is 0.257 e. The van der Waals surface area contributed by atoms with E-state index in [1.165, 1.54) is 0 Å². The number of carbonyl (C=O) groups excluding carboxylic acids is 1. The third-order valence-corrected chi connectivity index (χ3v) is 3.54. The molecule has 0 atom stereocenters. The number of amides is 1. The van der Waals surface area contributed by atoms with Gasteiger partial charge in [-0.15, -0.1) is 0 Å². The topological polar surface area (TPSA) is 50.4 Å². The van der Waals surface area contributed by atoms with Crippen LogP contribution in [-0.4, -0.2) is 18.1 Å². The third-order valence-electron chi connectivity index (χ3n) is 2.66. The number of hydrogen-bond acceptors (Lipinski definition) is 3. The molecule has 2 aromatic rings. The van der Waals surface area contributed by atoms with Crippen LogP contribution in [0.2, 0.25) is 0 Å². The summed E-state index contributed by atoms with van der Waals surface area (Å²) in [6, 6.07) is 14.6. The molecule has 0 radical (unpaired) electrons.